The summed E-state index contributed by atoms with van der Waals surface area (Å²) >= 11 is 0. The van der Waals surface area contributed by atoms with E-state index in [1.165, 1.54) is 5.56 Å². The molecule has 1 aliphatic rings. The molecule has 1 aliphatic carbocycles. The zero-order valence-electron chi connectivity index (χ0n) is 14.0. The lowest BCUT2D eigenvalue weighted by Gasteiger charge is -2.19. The molecule has 3 rings (SSSR count). The monoisotopic (exact) mass is 313 g/mol. The highest BCUT2D eigenvalue weighted by Gasteiger charge is 2.31. The Morgan fingerprint density at radius 3 is 2.52 bits per heavy atom. The van der Waals surface area contributed by atoms with Gasteiger partial charge in [-0.1, -0.05) is 38.1 Å². The summed E-state index contributed by atoms with van der Waals surface area (Å²) in [5, 5.41) is 8.03. The highest BCUT2D eigenvalue weighted by atomic mass is 16.5. The van der Waals surface area contributed by atoms with E-state index in [0.717, 1.165) is 30.6 Å². The lowest BCUT2D eigenvalue weighted by Crippen LogP contribution is -2.13. The number of aromatic nitrogens is 3. The Morgan fingerprint density at radius 1 is 1.26 bits per heavy atom. The Balaban J connectivity index is 1.59. The van der Waals surface area contributed by atoms with Crippen molar-refractivity contribution in [1.82, 2.24) is 15.0 Å². The van der Waals surface area contributed by atoms with Gasteiger partial charge in [0.15, 0.2) is 6.29 Å². The Bertz CT molecular complexity index is 679. The molecule has 0 unspecified atom stereocenters. The predicted molar refractivity (Wildman–Crippen MR) is 88.0 cm³/mol. The van der Waals surface area contributed by atoms with Crippen LogP contribution in [0, 0.1) is 0 Å². The minimum Gasteiger partial charge on any atom is -0.492 e. The summed E-state index contributed by atoms with van der Waals surface area (Å²) < 4.78 is 7.61. The highest BCUT2D eigenvalue weighted by Crippen LogP contribution is 2.40. The third-order valence-electron chi connectivity index (χ3n) is 4.17. The second-order valence-electron chi connectivity index (χ2n) is 7.10. The summed E-state index contributed by atoms with van der Waals surface area (Å²) in [6.45, 7) is 7.69. The standard InChI is InChI=1S/C18H23N3O2/c1-18(2,3)14-6-8-15(9-7-14)23-11-10-21-17(13-4-5-13)16(12-22)19-20-21/h6-9,12-13H,4-5,10-11H2,1-3H3. The van der Waals surface area contributed by atoms with E-state index in [9.17, 15) is 4.79 Å². The van der Waals surface area contributed by atoms with Crippen molar-refractivity contribution in [3.05, 3.63) is 41.2 Å². The fourth-order valence-corrected chi connectivity index (χ4v) is 2.66. The van der Waals surface area contributed by atoms with Gasteiger partial charge in [-0.2, -0.15) is 0 Å². The maximum absolute atomic E-state index is 11.0. The molecule has 0 amide bonds. The van der Waals surface area contributed by atoms with Crippen LogP contribution in [-0.4, -0.2) is 27.9 Å². The maximum atomic E-state index is 11.0. The minimum absolute atomic E-state index is 0.143. The molecule has 122 valence electrons. The summed E-state index contributed by atoms with van der Waals surface area (Å²) in [4.78, 5) is 11.0. The Labute approximate surface area is 136 Å². The Kier molecular flexibility index (Phi) is 4.20. The van der Waals surface area contributed by atoms with Gasteiger partial charge in [0.1, 0.15) is 18.1 Å². The van der Waals surface area contributed by atoms with Gasteiger partial charge >= 0.3 is 0 Å². The van der Waals surface area contributed by atoms with Crippen LogP contribution in [0.5, 0.6) is 5.75 Å². The minimum atomic E-state index is 0.143. The van der Waals surface area contributed by atoms with Crippen LogP contribution in [0.2, 0.25) is 0 Å². The van der Waals surface area contributed by atoms with Crippen molar-refractivity contribution in [2.24, 2.45) is 0 Å². The molecule has 1 heterocycles. The number of nitrogens with zero attached hydrogens (tertiary/aromatic N) is 3. The van der Waals surface area contributed by atoms with E-state index in [2.05, 4.69) is 43.2 Å². The van der Waals surface area contributed by atoms with Crippen molar-refractivity contribution in [1.29, 1.82) is 0 Å². The van der Waals surface area contributed by atoms with Gasteiger partial charge in [-0.05, 0) is 36.0 Å². The summed E-state index contributed by atoms with van der Waals surface area (Å²) in [7, 11) is 0. The summed E-state index contributed by atoms with van der Waals surface area (Å²) in [6.07, 6.45) is 3.02. The van der Waals surface area contributed by atoms with Crippen LogP contribution in [0.15, 0.2) is 24.3 Å². The molecule has 0 bridgehead atoms. The first-order valence-electron chi connectivity index (χ1n) is 8.11. The first-order chi connectivity index (χ1) is 11.0. The number of benzene rings is 1. The topological polar surface area (TPSA) is 57.0 Å². The maximum Gasteiger partial charge on any atom is 0.172 e. The van der Waals surface area contributed by atoms with Gasteiger partial charge in [0, 0.05) is 5.92 Å². The summed E-state index contributed by atoms with van der Waals surface area (Å²) in [5.74, 6) is 1.29. The zero-order chi connectivity index (χ0) is 16.4. The van der Waals surface area contributed by atoms with E-state index in [0.29, 0.717) is 24.8 Å². The molecule has 5 nitrogen and oxygen atoms in total. The van der Waals surface area contributed by atoms with Crippen molar-refractivity contribution >= 4 is 6.29 Å². The predicted octanol–water partition coefficient (Wildman–Crippen LogP) is 3.34. The molecule has 2 aromatic rings. The summed E-state index contributed by atoms with van der Waals surface area (Å²) in [6, 6.07) is 8.21. The second-order valence-corrected chi connectivity index (χ2v) is 7.10. The van der Waals surface area contributed by atoms with Gasteiger partial charge in [0.25, 0.3) is 0 Å². The molecule has 0 N–H and O–H groups in total. The SMILES string of the molecule is CC(C)(C)c1ccc(OCCn2nnc(C=O)c2C2CC2)cc1. The number of carbonyl (C=O) groups is 1. The quantitative estimate of drug-likeness (QED) is 0.767. The third kappa shape index (κ3) is 3.60. The highest BCUT2D eigenvalue weighted by molar-refractivity contribution is 5.73. The number of hydrogen-bond acceptors (Lipinski definition) is 4. The van der Waals surface area contributed by atoms with E-state index in [1.54, 1.807) is 0 Å². The van der Waals surface area contributed by atoms with Gasteiger partial charge in [0.2, 0.25) is 0 Å². The third-order valence-corrected chi connectivity index (χ3v) is 4.17. The van der Waals surface area contributed by atoms with E-state index < -0.39 is 0 Å². The van der Waals surface area contributed by atoms with Crippen LogP contribution < -0.4 is 4.74 Å². The van der Waals surface area contributed by atoms with E-state index >= 15 is 0 Å². The second kappa shape index (κ2) is 6.14. The fourth-order valence-electron chi connectivity index (χ4n) is 2.66. The molecule has 1 saturated carbocycles. The Morgan fingerprint density at radius 2 is 1.96 bits per heavy atom. The normalized spacial score (nSPS) is 14.7. The van der Waals surface area contributed by atoms with Crippen molar-refractivity contribution in [3.8, 4) is 5.75 Å². The molecule has 1 fully saturated rings. The van der Waals surface area contributed by atoms with Gasteiger partial charge in [-0.15, -0.1) is 5.10 Å². The fraction of sp³-hybridized carbons (Fsp3) is 0.500. The number of hydrogen-bond donors (Lipinski definition) is 0. The molecule has 0 radical (unpaired) electrons. The van der Waals surface area contributed by atoms with Gasteiger partial charge in [0.05, 0.1) is 12.2 Å². The Hall–Kier alpha value is -2.17. The van der Waals surface area contributed by atoms with Crippen molar-refractivity contribution in [2.75, 3.05) is 6.61 Å². The van der Waals surface area contributed by atoms with Gasteiger partial charge < -0.3 is 4.74 Å². The molecule has 0 aliphatic heterocycles. The molecule has 23 heavy (non-hydrogen) atoms. The smallest absolute Gasteiger partial charge is 0.172 e. The molecule has 5 heteroatoms. The van der Waals surface area contributed by atoms with E-state index in [4.69, 9.17) is 4.74 Å². The van der Waals surface area contributed by atoms with Gasteiger partial charge in [-0.3, -0.25) is 4.79 Å². The van der Waals surface area contributed by atoms with Crippen molar-refractivity contribution in [3.63, 3.8) is 0 Å². The molecule has 0 saturated heterocycles. The largest absolute Gasteiger partial charge is 0.492 e. The van der Waals surface area contributed by atoms with Crippen LogP contribution in [0.25, 0.3) is 0 Å². The van der Waals surface area contributed by atoms with Crippen molar-refractivity contribution in [2.45, 2.75) is 51.5 Å². The van der Waals surface area contributed by atoms with Crippen LogP contribution in [0.4, 0.5) is 0 Å². The van der Waals surface area contributed by atoms with E-state index in [1.807, 2.05) is 16.8 Å². The molecule has 1 aromatic heterocycles. The van der Waals surface area contributed by atoms with Crippen LogP contribution in [0.1, 0.15) is 61.3 Å². The van der Waals surface area contributed by atoms with Crippen LogP contribution in [0.3, 0.4) is 0 Å². The van der Waals surface area contributed by atoms with Crippen molar-refractivity contribution < 1.29 is 9.53 Å². The summed E-state index contributed by atoms with van der Waals surface area (Å²) in [5.41, 5.74) is 2.87. The lowest BCUT2D eigenvalue weighted by molar-refractivity contribution is 0.111. The zero-order valence-corrected chi connectivity index (χ0v) is 14.0. The first-order valence-corrected chi connectivity index (χ1v) is 8.11. The molecular formula is C18H23N3O2. The average Bonchev–Trinajstić information content (AvgIpc) is 3.27. The molecular weight excluding hydrogens is 290 g/mol. The van der Waals surface area contributed by atoms with Crippen LogP contribution in [-0.2, 0) is 12.0 Å². The first kappa shape index (κ1) is 15.7. The molecule has 0 spiro atoms. The van der Waals surface area contributed by atoms with Crippen LogP contribution >= 0.6 is 0 Å². The lowest BCUT2D eigenvalue weighted by atomic mass is 9.87. The average molecular weight is 313 g/mol. The number of aldehydes is 1. The number of carbonyl (C=O) groups excluding carboxylic acids is 1. The number of ether oxygens (including phenoxy) is 1. The molecule has 0 atom stereocenters. The number of rotatable bonds is 6. The van der Waals surface area contributed by atoms with E-state index in [-0.39, 0.29) is 5.41 Å². The van der Waals surface area contributed by atoms with Gasteiger partial charge in [-0.25, -0.2) is 4.68 Å². The molecule has 1 aromatic carbocycles.